The lowest BCUT2D eigenvalue weighted by Gasteiger charge is -2.51. The van der Waals surface area contributed by atoms with Crippen molar-refractivity contribution < 1.29 is 23.8 Å². The van der Waals surface area contributed by atoms with Gasteiger partial charge in [-0.25, -0.2) is 9.18 Å². The maximum atomic E-state index is 13.8. The summed E-state index contributed by atoms with van der Waals surface area (Å²) in [5, 5.41) is 11.4. The van der Waals surface area contributed by atoms with Crippen LogP contribution in [0.4, 0.5) is 9.18 Å². The Morgan fingerprint density at radius 1 is 0.971 bits per heavy atom. The van der Waals surface area contributed by atoms with Crippen LogP contribution in [-0.4, -0.2) is 48.0 Å². The first-order chi connectivity index (χ1) is 16.5. The fourth-order valence-corrected chi connectivity index (χ4v) is 5.96. The van der Waals surface area contributed by atoms with E-state index in [4.69, 9.17) is 9.47 Å². The number of carbonyl (C=O) groups excluding carboxylic acids is 1. The number of halogens is 1. The Labute approximate surface area is 197 Å². The number of benzene rings is 3. The highest BCUT2D eigenvalue weighted by Gasteiger charge is 2.49. The van der Waals surface area contributed by atoms with Crippen molar-refractivity contribution in [1.82, 2.24) is 4.90 Å². The van der Waals surface area contributed by atoms with E-state index in [-0.39, 0.29) is 49.4 Å². The van der Waals surface area contributed by atoms with Crippen molar-refractivity contribution in [2.45, 2.75) is 36.4 Å². The number of amides is 1. The van der Waals surface area contributed by atoms with Gasteiger partial charge in [-0.1, -0.05) is 60.7 Å². The van der Waals surface area contributed by atoms with Crippen LogP contribution in [0.1, 0.15) is 35.4 Å². The Balaban J connectivity index is 1.21. The minimum Gasteiger partial charge on any atom is -0.448 e. The molecule has 0 aromatic heterocycles. The molecular weight excluding hydrogens is 433 g/mol. The average Bonchev–Trinajstić information content (AvgIpc) is 3.16. The summed E-state index contributed by atoms with van der Waals surface area (Å²) in [7, 11) is 0. The smallest absolute Gasteiger partial charge is 0.410 e. The Morgan fingerprint density at radius 2 is 1.59 bits per heavy atom. The molecule has 6 heteroatoms. The number of rotatable bonds is 3. The van der Waals surface area contributed by atoms with E-state index in [0.29, 0.717) is 18.8 Å². The number of piperidine rings is 1. The molecule has 174 valence electrons. The largest absolute Gasteiger partial charge is 0.448 e. The molecule has 1 N–H and O–H groups in total. The molecule has 3 aromatic carbocycles. The van der Waals surface area contributed by atoms with Gasteiger partial charge in [0, 0.05) is 18.8 Å². The molecule has 2 unspecified atom stereocenters. The summed E-state index contributed by atoms with van der Waals surface area (Å²) < 4.78 is 25.4. The maximum absolute atomic E-state index is 13.8. The predicted molar refractivity (Wildman–Crippen MR) is 125 cm³/mol. The van der Waals surface area contributed by atoms with Gasteiger partial charge in [-0.2, -0.15) is 0 Å². The highest BCUT2D eigenvalue weighted by Crippen LogP contribution is 2.45. The summed E-state index contributed by atoms with van der Waals surface area (Å²) >= 11 is 0. The fraction of sp³-hybridized carbons (Fsp3) is 0.321. The zero-order chi connectivity index (χ0) is 23.3. The summed E-state index contributed by atoms with van der Waals surface area (Å²) in [6, 6.07) is 21.9. The minimum atomic E-state index is -1.21. The van der Waals surface area contributed by atoms with E-state index in [2.05, 4.69) is 24.3 Å². The number of nitrogens with zero attached hydrogens (tertiary/aromatic N) is 1. The molecule has 2 fully saturated rings. The van der Waals surface area contributed by atoms with E-state index in [1.54, 1.807) is 17.0 Å². The second-order valence-corrected chi connectivity index (χ2v) is 9.51. The summed E-state index contributed by atoms with van der Waals surface area (Å²) in [6.45, 7) is 0.883. The van der Waals surface area contributed by atoms with Crippen LogP contribution in [0.15, 0.2) is 72.8 Å². The van der Waals surface area contributed by atoms with Crippen LogP contribution in [0.5, 0.6) is 0 Å². The van der Waals surface area contributed by atoms with Gasteiger partial charge in [0.2, 0.25) is 0 Å². The molecule has 6 rings (SSSR count). The molecule has 2 atom stereocenters. The summed E-state index contributed by atoms with van der Waals surface area (Å²) in [5.74, 6) is -0.396. The molecule has 0 saturated carbocycles. The Morgan fingerprint density at radius 3 is 2.21 bits per heavy atom. The number of hydrogen-bond donors (Lipinski definition) is 1. The van der Waals surface area contributed by atoms with E-state index in [9.17, 15) is 14.3 Å². The monoisotopic (exact) mass is 459 g/mol. The maximum Gasteiger partial charge on any atom is 0.410 e. The quantitative estimate of drug-likeness (QED) is 0.610. The first kappa shape index (κ1) is 21.3. The highest BCUT2D eigenvalue weighted by atomic mass is 19.1. The van der Waals surface area contributed by atoms with Crippen molar-refractivity contribution in [3.8, 4) is 11.1 Å². The second kappa shape index (κ2) is 8.22. The van der Waals surface area contributed by atoms with Crippen molar-refractivity contribution in [2.75, 3.05) is 19.8 Å². The molecule has 0 spiro atoms. The average molecular weight is 460 g/mol. The number of ether oxygens (including phenoxy) is 2. The number of morpholine rings is 1. The lowest BCUT2D eigenvalue weighted by Crippen LogP contribution is -2.62. The van der Waals surface area contributed by atoms with Crippen LogP contribution < -0.4 is 0 Å². The SMILES string of the molecule is O=C(OCC1c2ccccc2-c2ccccc21)N1C2COCC1CC(O)(c1cccc(F)c1)C2. The third kappa shape index (κ3) is 3.49. The van der Waals surface area contributed by atoms with Crippen LogP contribution in [0.2, 0.25) is 0 Å². The van der Waals surface area contributed by atoms with Crippen LogP contribution in [0.3, 0.4) is 0 Å². The van der Waals surface area contributed by atoms with Crippen molar-refractivity contribution in [1.29, 1.82) is 0 Å². The standard InChI is InChI=1S/C28H26FNO4/c29-19-7-5-6-18(12-19)28(32)13-20-15-33-16-21(14-28)30(20)27(31)34-17-26-24-10-3-1-8-22(24)23-9-2-4-11-25(23)26/h1-12,20-21,26,32H,13-17H2. The van der Waals surface area contributed by atoms with Gasteiger partial charge in [0.15, 0.2) is 0 Å². The summed E-state index contributed by atoms with van der Waals surface area (Å²) in [5.41, 5.74) is 4.03. The van der Waals surface area contributed by atoms with Crippen molar-refractivity contribution in [3.05, 3.63) is 95.3 Å². The van der Waals surface area contributed by atoms with Crippen LogP contribution >= 0.6 is 0 Å². The van der Waals surface area contributed by atoms with E-state index in [1.165, 1.54) is 34.4 Å². The van der Waals surface area contributed by atoms with E-state index >= 15 is 0 Å². The molecule has 3 aromatic rings. The summed E-state index contributed by atoms with van der Waals surface area (Å²) in [4.78, 5) is 15.0. The molecule has 2 bridgehead atoms. The van der Waals surface area contributed by atoms with Gasteiger partial charge in [-0.3, -0.25) is 4.90 Å². The van der Waals surface area contributed by atoms with E-state index in [0.717, 1.165) is 0 Å². The van der Waals surface area contributed by atoms with Crippen molar-refractivity contribution in [3.63, 3.8) is 0 Å². The lowest BCUT2D eigenvalue weighted by atomic mass is 9.77. The van der Waals surface area contributed by atoms with Gasteiger partial charge >= 0.3 is 6.09 Å². The van der Waals surface area contributed by atoms with Crippen LogP contribution in [-0.2, 0) is 15.1 Å². The first-order valence-corrected chi connectivity index (χ1v) is 11.7. The van der Waals surface area contributed by atoms with Crippen molar-refractivity contribution in [2.24, 2.45) is 0 Å². The molecule has 2 aliphatic heterocycles. The molecule has 3 aliphatic rings. The lowest BCUT2D eigenvalue weighted by molar-refractivity contribution is -0.136. The van der Waals surface area contributed by atoms with Crippen LogP contribution in [0, 0.1) is 5.82 Å². The molecule has 1 amide bonds. The minimum absolute atomic E-state index is 0.0125. The fourth-order valence-electron chi connectivity index (χ4n) is 5.96. The first-order valence-electron chi connectivity index (χ1n) is 11.7. The van der Waals surface area contributed by atoms with Gasteiger partial charge in [-0.15, -0.1) is 0 Å². The normalized spacial score (nSPS) is 25.5. The molecular formula is C28H26FNO4. The number of fused-ring (bicyclic) bond motifs is 5. The highest BCUT2D eigenvalue weighted by molar-refractivity contribution is 5.79. The van der Waals surface area contributed by atoms with Gasteiger partial charge in [0.1, 0.15) is 12.4 Å². The van der Waals surface area contributed by atoms with Gasteiger partial charge in [0.05, 0.1) is 30.9 Å². The molecule has 0 radical (unpaired) electrons. The van der Waals surface area contributed by atoms with Crippen molar-refractivity contribution >= 4 is 6.09 Å². The van der Waals surface area contributed by atoms with E-state index < -0.39 is 5.60 Å². The predicted octanol–water partition coefficient (Wildman–Crippen LogP) is 4.83. The van der Waals surface area contributed by atoms with E-state index in [1.807, 2.05) is 24.3 Å². The van der Waals surface area contributed by atoms with Crippen LogP contribution in [0.25, 0.3) is 11.1 Å². The third-order valence-electron chi connectivity index (χ3n) is 7.46. The number of hydrogen-bond acceptors (Lipinski definition) is 4. The molecule has 2 saturated heterocycles. The Hall–Kier alpha value is -3.22. The molecule has 1 aliphatic carbocycles. The third-order valence-corrected chi connectivity index (χ3v) is 7.46. The number of aliphatic hydroxyl groups is 1. The van der Waals surface area contributed by atoms with Gasteiger partial charge < -0.3 is 14.6 Å². The Bertz CT molecular complexity index is 1180. The number of carbonyl (C=O) groups is 1. The topological polar surface area (TPSA) is 59.0 Å². The van der Waals surface area contributed by atoms with Gasteiger partial charge in [0.25, 0.3) is 0 Å². The molecule has 5 nitrogen and oxygen atoms in total. The van der Waals surface area contributed by atoms with Gasteiger partial charge in [-0.05, 0) is 39.9 Å². The zero-order valence-corrected chi connectivity index (χ0v) is 18.7. The molecule has 2 heterocycles. The Kier molecular flexibility index (Phi) is 5.15. The second-order valence-electron chi connectivity index (χ2n) is 9.51. The molecule has 34 heavy (non-hydrogen) atoms. The summed E-state index contributed by atoms with van der Waals surface area (Å²) in [6.07, 6.45) is 0.162. The zero-order valence-electron chi connectivity index (χ0n) is 18.7.